The minimum atomic E-state index is 0.567. The quantitative estimate of drug-likeness (QED) is 0.918. The molecule has 3 nitrogen and oxygen atoms in total. The summed E-state index contributed by atoms with van der Waals surface area (Å²) in [6.07, 6.45) is 0. The summed E-state index contributed by atoms with van der Waals surface area (Å²) in [4.78, 5) is 4.79. The van der Waals surface area contributed by atoms with E-state index >= 15 is 0 Å². The first kappa shape index (κ1) is 16.2. The Morgan fingerprint density at radius 1 is 1.14 bits per heavy atom. The molecule has 0 aromatic heterocycles. The van der Waals surface area contributed by atoms with Gasteiger partial charge < -0.3 is 15.1 Å². The van der Waals surface area contributed by atoms with E-state index in [0.29, 0.717) is 23.9 Å². The molecule has 3 heteroatoms. The van der Waals surface area contributed by atoms with Gasteiger partial charge in [0.15, 0.2) is 0 Å². The Bertz CT molecular complexity index is 454. The fraction of sp³-hybridized carbons (Fsp3) is 0.667. The maximum Gasteiger partial charge on any atom is 0.0438 e. The number of nitrogens with zero attached hydrogens (tertiary/aromatic N) is 2. The van der Waals surface area contributed by atoms with E-state index in [1.807, 2.05) is 0 Å². The molecule has 1 heterocycles. The Morgan fingerprint density at radius 3 is 2.43 bits per heavy atom. The molecule has 1 aliphatic rings. The minimum absolute atomic E-state index is 0.567. The highest BCUT2D eigenvalue weighted by molar-refractivity contribution is 5.59. The zero-order valence-electron chi connectivity index (χ0n) is 14.4. The summed E-state index contributed by atoms with van der Waals surface area (Å²) in [7, 11) is 4.21. The summed E-state index contributed by atoms with van der Waals surface area (Å²) in [5, 5.41) is 3.73. The van der Waals surface area contributed by atoms with Crippen LogP contribution in [-0.4, -0.2) is 39.3 Å². The summed E-state index contributed by atoms with van der Waals surface area (Å²) < 4.78 is 0. The fourth-order valence-electron chi connectivity index (χ4n) is 3.08. The largest absolute Gasteiger partial charge is 0.378 e. The lowest BCUT2D eigenvalue weighted by atomic mass is 9.93. The Labute approximate surface area is 130 Å². The highest BCUT2D eigenvalue weighted by Crippen LogP contribution is 2.28. The van der Waals surface area contributed by atoms with E-state index in [9.17, 15) is 0 Å². The van der Waals surface area contributed by atoms with Crippen LogP contribution in [0.15, 0.2) is 24.3 Å². The van der Waals surface area contributed by atoms with Crippen molar-refractivity contribution in [3.05, 3.63) is 24.3 Å². The predicted octanol–water partition coefficient (Wildman–Crippen LogP) is 3.21. The van der Waals surface area contributed by atoms with Gasteiger partial charge >= 0.3 is 0 Å². The summed E-state index contributed by atoms with van der Waals surface area (Å²) >= 11 is 0. The van der Waals surface area contributed by atoms with Gasteiger partial charge in [-0.15, -0.1) is 0 Å². The molecule has 21 heavy (non-hydrogen) atoms. The standard InChI is InChI=1S/C18H31N3/c1-13(2)17-12-21(18(11-19-17)14(3)4)16-9-7-8-15(10-16)20(5)6/h7-10,13-14,17-19H,11-12H2,1-6H3. The van der Waals surface area contributed by atoms with E-state index in [0.717, 1.165) is 13.1 Å². The van der Waals surface area contributed by atoms with Gasteiger partial charge in [-0.05, 0) is 30.0 Å². The molecule has 118 valence electrons. The summed E-state index contributed by atoms with van der Waals surface area (Å²) in [6, 6.07) is 10.1. The molecular formula is C18H31N3. The van der Waals surface area contributed by atoms with Crippen molar-refractivity contribution in [2.24, 2.45) is 11.8 Å². The van der Waals surface area contributed by atoms with Crippen molar-refractivity contribution in [2.75, 3.05) is 37.0 Å². The summed E-state index contributed by atoms with van der Waals surface area (Å²) in [5.41, 5.74) is 2.63. The second-order valence-electron chi connectivity index (χ2n) is 7.14. The Balaban J connectivity index is 2.28. The molecule has 0 amide bonds. The van der Waals surface area contributed by atoms with Gasteiger partial charge in [0.25, 0.3) is 0 Å². The maximum absolute atomic E-state index is 3.73. The van der Waals surface area contributed by atoms with Gasteiger partial charge in [0, 0.05) is 50.6 Å². The van der Waals surface area contributed by atoms with Gasteiger partial charge in [-0.2, -0.15) is 0 Å². The van der Waals surface area contributed by atoms with Crippen molar-refractivity contribution in [1.82, 2.24) is 5.32 Å². The minimum Gasteiger partial charge on any atom is -0.378 e. The van der Waals surface area contributed by atoms with Gasteiger partial charge in [0.2, 0.25) is 0 Å². The van der Waals surface area contributed by atoms with E-state index in [1.165, 1.54) is 11.4 Å². The van der Waals surface area contributed by atoms with Crippen LogP contribution in [-0.2, 0) is 0 Å². The summed E-state index contributed by atoms with van der Waals surface area (Å²) in [5.74, 6) is 1.31. The van der Waals surface area contributed by atoms with E-state index in [1.54, 1.807) is 0 Å². The number of anilines is 2. The van der Waals surface area contributed by atoms with Crippen molar-refractivity contribution in [2.45, 2.75) is 39.8 Å². The van der Waals surface area contributed by atoms with Crippen molar-refractivity contribution < 1.29 is 0 Å². The van der Waals surface area contributed by atoms with Crippen LogP contribution in [0.2, 0.25) is 0 Å². The number of piperazine rings is 1. The molecule has 1 aromatic rings. The highest BCUT2D eigenvalue weighted by Gasteiger charge is 2.31. The summed E-state index contributed by atoms with van der Waals surface area (Å²) in [6.45, 7) is 11.4. The third-order valence-corrected chi connectivity index (χ3v) is 4.63. The number of hydrogen-bond donors (Lipinski definition) is 1. The number of nitrogens with one attached hydrogen (secondary N) is 1. The molecule has 0 aliphatic carbocycles. The molecular weight excluding hydrogens is 258 g/mol. The van der Waals surface area contributed by atoms with Gasteiger partial charge in [-0.25, -0.2) is 0 Å². The van der Waals surface area contributed by atoms with Crippen LogP contribution in [0.5, 0.6) is 0 Å². The van der Waals surface area contributed by atoms with E-state index in [2.05, 4.69) is 81.2 Å². The van der Waals surface area contributed by atoms with Crippen LogP contribution in [0.3, 0.4) is 0 Å². The van der Waals surface area contributed by atoms with Gasteiger partial charge in [-0.1, -0.05) is 33.8 Å². The first-order chi connectivity index (χ1) is 9.90. The fourth-order valence-corrected chi connectivity index (χ4v) is 3.08. The molecule has 0 spiro atoms. The molecule has 1 saturated heterocycles. The molecule has 2 rings (SSSR count). The molecule has 2 unspecified atom stereocenters. The van der Waals surface area contributed by atoms with E-state index in [-0.39, 0.29) is 0 Å². The van der Waals surface area contributed by atoms with Crippen molar-refractivity contribution in [3.8, 4) is 0 Å². The van der Waals surface area contributed by atoms with E-state index < -0.39 is 0 Å². The molecule has 1 aliphatic heterocycles. The topological polar surface area (TPSA) is 18.5 Å². The molecule has 0 radical (unpaired) electrons. The normalized spacial score (nSPS) is 23.0. The zero-order valence-corrected chi connectivity index (χ0v) is 14.4. The Hall–Kier alpha value is -1.22. The van der Waals surface area contributed by atoms with Crippen LogP contribution >= 0.6 is 0 Å². The molecule has 1 N–H and O–H groups in total. The number of hydrogen-bond acceptors (Lipinski definition) is 3. The first-order valence-electron chi connectivity index (χ1n) is 8.17. The van der Waals surface area contributed by atoms with Crippen molar-refractivity contribution in [3.63, 3.8) is 0 Å². The average Bonchev–Trinajstić information content (AvgIpc) is 2.46. The third kappa shape index (κ3) is 3.70. The first-order valence-corrected chi connectivity index (χ1v) is 8.17. The van der Waals surface area contributed by atoms with Crippen molar-refractivity contribution in [1.29, 1.82) is 0 Å². The lowest BCUT2D eigenvalue weighted by molar-refractivity contribution is 0.295. The average molecular weight is 289 g/mol. The number of benzene rings is 1. The van der Waals surface area contributed by atoms with Gasteiger partial charge in [-0.3, -0.25) is 0 Å². The molecule has 1 fully saturated rings. The van der Waals surface area contributed by atoms with Crippen LogP contribution < -0.4 is 15.1 Å². The second kappa shape index (κ2) is 6.69. The lowest BCUT2D eigenvalue weighted by Crippen LogP contribution is -2.60. The highest BCUT2D eigenvalue weighted by atomic mass is 15.2. The van der Waals surface area contributed by atoms with Crippen LogP contribution in [0.1, 0.15) is 27.7 Å². The maximum atomic E-state index is 3.73. The third-order valence-electron chi connectivity index (χ3n) is 4.63. The molecule has 2 atom stereocenters. The number of rotatable bonds is 4. The molecule has 0 bridgehead atoms. The monoisotopic (exact) mass is 289 g/mol. The lowest BCUT2D eigenvalue weighted by Gasteiger charge is -2.45. The smallest absolute Gasteiger partial charge is 0.0438 e. The predicted molar refractivity (Wildman–Crippen MR) is 93.4 cm³/mol. The molecule has 0 saturated carbocycles. The molecule has 1 aromatic carbocycles. The zero-order chi connectivity index (χ0) is 15.6. The van der Waals surface area contributed by atoms with Gasteiger partial charge in [0.1, 0.15) is 0 Å². The van der Waals surface area contributed by atoms with E-state index in [4.69, 9.17) is 0 Å². The Morgan fingerprint density at radius 2 is 1.86 bits per heavy atom. The SMILES string of the molecule is CC(C)C1CN(c2cccc(N(C)C)c2)C(C(C)C)CN1. The van der Waals surface area contributed by atoms with Crippen LogP contribution in [0, 0.1) is 11.8 Å². The van der Waals surface area contributed by atoms with Crippen LogP contribution in [0.25, 0.3) is 0 Å². The van der Waals surface area contributed by atoms with Crippen molar-refractivity contribution >= 4 is 11.4 Å². The Kier molecular flexibility index (Phi) is 5.15. The van der Waals surface area contributed by atoms with Gasteiger partial charge in [0.05, 0.1) is 0 Å². The second-order valence-corrected chi connectivity index (χ2v) is 7.14. The van der Waals surface area contributed by atoms with Crippen LogP contribution in [0.4, 0.5) is 11.4 Å².